The number of hydrogen-bond acceptors (Lipinski definition) is 5. The first-order valence-electron chi connectivity index (χ1n) is 10.6. The third-order valence-electron chi connectivity index (χ3n) is 4.93. The van der Waals surface area contributed by atoms with Crippen molar-refractivity contribution in [1.82, 2.24) is 14.8 Å². The summed E-state index contributed by atoms with van der Waals surface area (Å²) >= 11 is 1.35. The molecule has 1 unspecified atom stereocenters. The number of rotatable bonds is 9. The van der Waals surface area contributed by atoms with Gasteiger partial charge in [0.15, 0.2) is 17.1 Å². The predicted molar refractivity (Wildman–Crippen MR) is 130 cm³/mol. The largest absolute Gasteiger partial charge is 0.483 e. The van der Waals surface area contributed by atoms with Gasteiger partial charge in [0.25, 0.3) is 0 Å². The van der Waals surface area contributed by atoms with Crippen molar-refractivity contribution >= 4 is 23.4 Å². The summed E-state index contributed by atoms with van der Waals surface area (Å²) in [5, 5.41) is 12.3. The van der Waals surface area contributed by atoms with Crippen molar-refractivity contribution in [2.75, 3.05) is 11.1 Å². The summed E-state index contributed by atoms with van der Waals surface area (Å²) in [5.74, 6) is 1.64. The van der Waals surface area contributed by atoms with Gasteiger partial charge in [0.2, 0.25) is 5.91 Å². The lowest BCUT2D eigenvalue weighted by Crippen LogP contribution is -2.16. The molecule has 2 aromatic carbocycles. The molecular formula is C25H30N4O2S. The second kappa shape index (κ2) is 10.5. The molecule has 7 heteroatoms. The van der Waals surface area contributed by atoms with Crippen LogP contribution in [0.1, 0.15) is 41.1 Å². The summed E-state index contributed by atoms with van der Waals surface area (Å²) in [6, 6.07) is 12.1. The highest BCUT2D eigenvalue weighted by atomic mass is 32.2. The fourth-order valence-corrected chi connectivity index (χ4v) is 4.21. The lowest BCUT2D eigenvalue weighted by atomic mass is 10.1. The molecule has 0 saturated heterocycles. The van der Waals surface area contributed by atoms with E-state index in [0.717, 1.165) is 33.7 Å². The minimum Gasteiger partial charge on any atom is -0.483 e. The molecule has 3 aromatic rings. The Hall–Kier alpha value is -3.06. The second-order valence-electron chi connectivity index (χ2n) is 7.98. The van der Waals surface area contributed by atoms with Crippen LogP contribution in [0.15, 0.2) is 54.2 Å². The maximum Gasteiger partial charge on any atom is 0.234 e. The van der Waals surface area contributed by atoms with Crippen LogP contribution in [-0.4, -0.2) is 26.4 Å². The normalized spacial score (nSPS) is 11.8. The summed E-state index contributed by atoms with van der Waals surface area (Å²) in [4.78, 5) is 12.5. The fourth-order valence-electron chi connectivity index (χ4n) is 3.45. The molecule has 1 atom stereocenters. The molecule has 3 rings (SSSR count). The average Bonchev–Trinajstić information content (AvgIpc) is 3.11. The van der Waals surface area contributed by atoms with Gasteiger partial charge in [0.05, 0.1) is 5.75 Å². The van der Waals surface area contributed by atoms with E-state index < -0.39 is 0 Å². The van der Waals surface area contributed by atoms with E-state index in [1.807, 2.05) is 69.5 Å². The first kappa shape index (κ1) is 23.6. The molecule has 32 heavy (non-hydrogen) atoms. The molecule has 0 aliphatic rings. The van der Waals surface area contributed by atoms with E-state index in [-0.39, 0.29) is 17.8 Å². The van der Waals surface area contributed by atoms with E-state index in [0.29, 0.717) is 17.5 Å². The van der Waals surface area contributed by atoms with Crippen LogP contribution in [0.4, 0.5) is 5.69 Å². The number of benzene rings is 2. The number of amides is 1. The van der Waals surface area contributed by atoms with Crippen LogP contribution in [0.25, 0.3) is 0 Å². The van der Waals surface area contributed by atoms with Crippen LogP contribution in [0.2, 0.25) is 0 Å². The number of aromatic nitrogens is 3. The number of nitrogens with zero attached hydrogens (tertiary/aromatic N) is 3. The monoisotopic (exact) mass is 450 g/mol. The van der Waals surface area contributed by atoms with Gasteiger partial charge in [-0.3, -0.25) is 9.36 Å². The lowest BCUT2D eigenvalue weighted by molar-refractivity contribution is -0.113. The van der Waals surface area contributed by atoms with E-state index in [1.165, 1.54) is 11.8 Å². The van der Waals surface area contributed by atoms with Crippen molar-refractivity contribution in [3.63, 3.8) is 0 Å². The number of hydrogen-bond donors (Lipinski definition) is 1. The number of ether oxygens (including phenoxy) is 1. The van der Waals surface area contributed by atoms with Crippen molar-refractivity contribution in [2.24, 2.45) is 0 Å². The van der Waals surface area contributed by atoms with E-state index in [1.54, 1.807) is 6.08 Å². The summed E-state index contributed by atoms with van der Waals surface area (Å²) in [6.45, 7) is 14.4. The topological polar surface area (TPSA) is 69.0 Å². The van der Waals surface area contributed by atoms with Gasteiger partial charge in [0, 0.05) is 12.2 Å². The number of allylic oxidation sites excluding steroid dienone is 1. The first-order chi connectivity index (χ1) is 15.3. The van der Waals surface area contributed by atoms with Crippen LogP contribution >= 0.6 is 11.8 Å². The predicted octanol–water partition coefficient (Wildman–Crippen LogP) is 5.57. The molecule has 1 heterocycles. The van der Waals surface area contributed by atoms with Gasteiger partial charge in [0.1, 0.15) is 5.75 Å². The quantitative estimate of drug-likeness (QED) is 0.341. The summed E-state index contributed by atoms with van der Waals surface area (Å²) < 4.78 is 8.09. The van der Waals surface area contributed by atoms with Gasteiger partial charge in [-0.25, -0.2) is 0 Å². The zero-order valence-electron chi connectivity index (χ0n) is 19.3. The number of anilines is 1. The SMILES string of the molecule is C=CCn1c(SCC(=O)Nc2cc(C)ccc2C)nnc1C(C)Oc1cc(C)cc(C)c1. The number of carbonyl (C=O) groups is 1. The lowest BCUT2D eigenvalue weighted by Gasteiger charge is -2.16. The molecule has 1 amide bonds. The van der Waals surface area contributed by atoms with Gasteiger partial charge in [-0.2, -0.15) is 0 Å². The number of aryl methyl sites for hydroxylation is 4. The highest BCUT2D eigenvalue weighted by Gasteiger charge is 2.20. The highest BCUT2D eigenvalue weighted by Crippen LogP contribution is 2.26. The Morgan fingerprint density at radius 2 is 1.84 bits per heavy atom. The van der Waals surface area contributed by atoms with Crippen LogP contribution < -0.4 is 10.1 Å². The van der Waals surface area contributed by atoms with E-state index in [4.69, 9.17) is 4.74 Å². The molecule has 0 fully saturated rings. The van der Waals surface area contributed by atoms with Crippen molar-refractivity contribution in [2.45, 2.75) is 52.4 Å². The maximum absolute atomic E-state index is 12.5. The molecule has 0 saturated carbocycles. The fraction of sp³-hybridized carbons (Fsp3) is 0.320. The molecule has 6 nitrogen and oxygen atoms in total. The Balaban J connectivity index is 1.70. The molecule has 1 aromatic heterocycles. The molecule has 0 aliphatic heterocycles. The zero-order chi connectivity index (χ0) is 23.3. The Bertz CT molecular complexity index is 1100. The smallest absolute Gasteiger partial charge is 0.234 e. The Labute approximate surface area is 194 Å². The molecule has 168 valence electrons. The summed E-state index contributed by atoms with van der Waals surface area (Å²) in [6.07, 6.45) is 1.48. The van der Waals surface area contributed by atoms with E-state index >= 15 is 0 Å². The van der Waals surface area contributed by atoms with Gasteiger partial charge in [-0.05, 0) is 75.1 Å². The van der Waals surface area contributed by atoms with Gasteiger partial charge in [-0.15, -0.1) is 16.8 Å². The van der Waals surface area contributed by atoms with Crippen molar-refractivity contribution < 1.29 is 9.53 Å². The standard InChI is InChI=1S/C25H30N4O2S/c1-7-10-29-24(20(6)31-21-12-17(3)11-18(4)13-21)27-28-25(29)32-15-23(30)26-22-14-16(2)8-9-19(22)5/h7-9,11-14,20H,1,10,15H2,2-6H3,(H,26,30). The highest BCUT2D eigenvalue weighted by molar-refractivity contribution is 7.99. The van der Waals surface area contributed by atoms with Crippen LogP contribution in [-0.2, 0) is 11.3 Å². The van der Waals surface area contributed by atoms with Crippen molar-refractivity contribution in [1.29, 1.82) is 0 Å². The van der Waals surface area contributed by atoms with Gasteiger partial charge >= 0.3 is 0 Å². The van der Waals surface area contributed by atoms with E-state index in [9.17, 15) is 4.79 Å². The van der Waals surface area contributed by atoms with Crippen molar-refractivity contribution in [3.8, 4) is 5.75 Å². The summed E-state index contributed by atoms with van der Waals surface area (Å²) in [7, 11) is 0. The average molecular weight is 451 g/mol. The molecule has 0 bridgehead atoms. The van der Waals surface area contributed by atoms with Gasteiger partial charge in [-0.1, -0.05) is 36.0 Å². The number of nitrogens with one attached hydrogen (secondary N) is 1. The summed E-state index contributed by atoms with van der Waals surface area (Å²) in [5.41, 5.74) is 5.26. The Morgan fingerprint density at radius 3 is 2.53 bits per heavy atom. The first-order valence-corrected chi connectivity index (χ1v) is 11.5. The van der Waals surface area contributed by atoms with Crippen molar-refractivity contribution in [3.05, 3.63) is 77.1 Å². The number of thioether (sulfide) groups is 1. The zero-order valence-corrected chi connectivity index (χ0v) is 20.1. The Morgan fingerprint density at radius 1 is 1.12 bits per heavy atom. The maximum atomic E-state index is 12.5. The minimum atomic E-state index is -0.304. The van der Waals surface area contributed by atoms with Crippen LogP contribution in [0.5, 0.6) is 5.75 Å². The second-order valence-corrected chi connectivity index (χ2v) is 8.92. The Kier molecular flexibility index (Phi) is 7.75. The third kappa shape index (κ3) is 6.01. The van der Waals surface area contributed by atoms with Crippen LogP contribution in [0, 0.1) is 27.7 Å². The third-order valence-corrected chi connectivity index (χ3v) is 5.90. The molecule has 0 radical (unpaired) electrons. The molecule has 1 N–H and O–H groups in total. The molecule has 0 spiro atoms. The van der Waals surface area contributed by atoms with Crippen LogP contribution in [0.3, 0.4) is 0 Å². The van der Waals surface area contributed by atoms with E-state index in [2.05, 4.69) is 28.2 Å². The molecular weight excluding hydrogens is 420 g/mol. The molecule has 0 aliphatic carbocycles. The minimum absolute atomic E-state index is 0.0852. The number of carbonyl (C=O) groups excluding carboxylic acids is 1. The van der Waals surface area contributed by atoms with Gasteiger partial charge < -0.3 is 10.1 Å².